The number of nitrogens with one attached hydrogen (secondary N) is 1. The summed E-state index contributed by atoms with van der Waals surface area (Å²) < 4.78 is 1.88. The number of fused-ring (bicyclic) bond motifs is 1. The first-order valence-electron chi connectivity index (χ1n) is 6.51. The number of amides is 1. The minimum Gasteiger partial charge on any atom is -0.399 e. The average molecular weight is 300 g/mol. The Balaban J connectivity index is 1.77. The molecule has 1 amide bonds. The van der Waals surface area contributed by atoms with Crippen molar-refractivity contribution in [2.45, 2.75) is 6.54 Å². The van der Waals surface area contributed by atoms with Crippen LogP contribution in [0.5, 0.6) is 0 Å². The zero-order valence-electron chi connectivity index (χ0n) is 11.2. The molecule has 21 heavy (non-hydrogen) atoms. The number of nitrogens with two attached hydrogens (primary N) is 1. The van der Waals surface area contributed by atoms with Gasteiger partial charge in [0.25, 0.3) is 0 Å². The molecule has 1 aromatic heterocycles. The molecule has 3 rings (SSSR count). The standard InChI is InChI=1S/C16H14ClN3O/c17-12-2-1-3-14(9-12)19-16(21)10-20-7-6-11-8-13(18)4-5-15(11)20/h1-9H,10,18H2,(H,19,21). The van der Waals surface area contributed by atoms with E-state index >= 15 is 0 Å². The minimum atomic E-state index is -0.105. The summed E-state index contributed by atoms with van der Waals surface area (Å²) in [6.07, 6.45) is 1.88. The number of anilines is 2. The number of halogens is 1. The highest BCUT2D eigenvalue weighted by Crippen LogP contribution is 2.19. The Morgan fingerprint density at radius 1 is 1.19 bits per heavy atom. The zero-order valence-corrected chi connectivity index (χ0v) is 12.0. The number of nitrogens with zero attached hydrogens (tertiary/aromatic N) is 1. The normalized spacial score (nSPS) is 10.7. The fourth-order valence-electron chi connectivity index (χ4n) is 2.28. The number of hydrogen-bond donors (Lipinski definition) is 2. The largest absolute Gasteiger partial charge is 0.399 e. The summed E-state index contributed by atoms with van der Waals surface area (Å²) >= 11 is 5.90. The Kier molecular flexibility index (Phi) is 3.54. The first-order chi connectivity index (χ1) is 10.1. The molecule has 3 N–H and O–H groups in total. The van der Waals surface area contributed by atoms with Gasteiger partial charge < -0.3 is 15.6 Å². The number of benzene rings is 2. The van der Waals surface area contributed by atoms with Crippen molar-refractivity contribution in [3.63, 3.8) is 0 Å². The molecule has 3 aromatic rings. The van der Waals surface area contributed by atoms with Crippen LogP contribution in [0.3, 0.4) is 0 Å². The molecular formula is C16H14ClN3O. The lowest BCUT2D eigenvalue weighted by Gasteiger charge is -2.08. The van der Waals surface area contributed by atoms with Gasteiger partial charge in [-0.3, -0.25) is 4.79 Å². The van der Waals surface area contributed by atoms with Crippen LogP contribution < -0.4 is 11.1 Å². The molecule has 0 saturated carbocycles. The molecular weight excluding hydrogens is 286 g/mol. The topological polar surface area (TPSA) is 60.0 Å². The van der Waals surface area contributed by atoms with Gasteiger partial charge >= 0.3 is 0 Å². The van der Waals surface area contributed by atoms with Crippen molar-refractivity contribution < 1.29 is 4.79 Å². The quantitative estimate of drug-likeness (QED) is 0.727. The summed E-state index contributed by atoms with van der Waals surface area (Å²) in [7, 11) is 0. The maximum atomic E-state index is 12.1. The second kappa shape index (κ2) is 5.50. The van der Waals surface area contributed by atoms with Crippen LogP contribution in [0.25, 0.3) is 10.9 Å². The Morgan fingerprint density at radius 3 is 2.86 bits per heavy atom. The van der Waals surface area contributed by atoms with Gasteiger partial charge in [0.05, 0.1) is 0 Å². The van der Waals surface area contributed by atoms with E-state index in [-0.39, 0.29) is 12.5 Å². The van der Waals surface area contributed by atoms with Crippen molar-refractivity contribution >= 4 is 39.8 Å². The van der Waals surface area contributed by atoms with E-state index in [4.69, 9.17) is 17.3 Å². The lowest BCUT2D eigenvalue weighted by atomic mass is 10.2. The number of carbonyl (C=O) groups is 1. The van der Waals surface area contributed by atoms with Crippen LogP contribution in [0.4, 0.5) is 11.4 Å². The van der Waals surface area contributed by atoms with E-state index in [9.17, 15) is 4.79 Å². The molecule has 0 aliphatic carbocycles. The lowest BCUT2D eigenvalue weighted by Crippen LogP contribution is -2.18. The summed E-state index contributed by atoms with van der Waals surface area (Å²) in [5.74, 6) is -0.105. The van der Waals surface area contributed by atoms with Gasteiger partial charge in [0.2, 0.25) is 5.91 Å². The van der Waals surface area contributed by atoms with E-state index in [1.807, 2.05) is 35.0 Å². The van der Waals surface area contributed by atoms with Gasteiger partial charge in [-0.2, -0.15) is 0 Å². The van der Waals surface area contributed by atoms with Crippen molar-refractivity contribution in [3.8, 4) is 0 Å². The van der Waals surface area contributed by atoms with Crippen molar-refractivity contribution in [1.29, 1.82) is 0 Å². The predicted octanol–water partition coefficient (Wildman–Crippen LogP) is 3.52. The van der Waals surface area contributed by atoms with Gasteiger partial charge in [-0.1, -0.05) is 17.7 Å². The number of aromatic nitrogens is 1. The molecule has 0 atom stereocenters. The van der Waals surface area contributed by atoms with E-state index in [1.54, 1.807) is 24.3 Å². The fourth-order valence-corrected chi connectivity index (χ4v) is 2.47. The Labute approximate surface area is 127 Å². The van der Waals surface area contributed by atoms with Gasteiger partial charge in [0.1, 0.15) is 6.54 Å². The van der Waals surface area contributed by atoms with Gasteiger partial charge in [0, 0.05) is 33.5 Å². The molecule has 0 aliphatic heterocycles. The molecule has 106 valence electrons. The van der Waals surface area contributed by atoms with Crippen LogP contribution in [0.15, 0.2) is 54.7 Å². The minimum absolute atomic E-state index is 0.105. The molecule has 0 unspecified atom stereocenters. The highest BCUT2D eigenvalue weighted by Gasteiger charge is 2.07. The van der Waals surface area contributed by atoms with Crippen molar-refractivity contribution in [2.75, 3.05) is 11.1 Å². The number of nitrogen functional groups attached to an aromatic ring is 1. The fraction of sp³-hybridized carbons (Fsp3) is 0.0625. The van der Waals surface area contributed by atoms with Gasteiger partial charge in [-0.05, 0) is 42.5 Å². The van der Waals surface area contributed by atoms with E-state index in [1.165, 1.54) is 0 Å². The monoisotopic (exact) mass is 299 g/mol. The highest BCUT2D eigenvalue weighted by molar-refractivity contribution is 6.30. The molecule has 0 fully saturated rings. The number of hydrogen-bond acceptors (Lipinski definition) is 2. The van der Waals surface area contributed by atoms with E-state index in [0.717, 1.165) is 10.9 Å². The van der Waals surface area contributed by atoms with Crippen LogP contribution in [-0.2, 0) is 11.3 Å². The third kappa shape index (κ3) is 3.01. The van der Waals surface area contributed by atoms with Crippen molar-refractivity contribution in [1.82, 2.24) is 4.57 Å². The summed E-state index contributed by atoms with van der Waals surface area (Å²) in [5, 5.41) is 4.44. The van der Waals surface area contributed by atoms with Crippen LogP contribution in [0.1, 0.15) is 0 Å². The Morgan fingerprint density at radius 2 is 2.05 bits per heavy atom. The predicted molar refractivity (Wildman–Crippen MR) is 86.4 cm³/mol. The summed E-state index contributed by atoms with van der Waals surface area (Å²) in [5.41, 5.74) is 8.13. The molecule has 0 aliphatic rings. The molecule has 0 radical (unpaired) electrons. The van der Waals surface area contributed by atoms with Gasteiger partial charge in [-0.25, -0.2) is 0 Å². The molecule has 0 spiro atoms. The van der Waals surface area contributed by atoms with Crippen LogP contribution >= 0.6 is 11.6 Å². The molecule has 4 nitrogen and oxygen atoms in total. The number of rotatable bonds is 3. The van der Waals surface area contributed by atoms with E-state index < -0.39 is 0 Å². The second-order valence-electron chi connectivity index (χ2n) is 4.82. The van der Waals surface area contributed by atoms with Crippen LogP contribution in [0.2, 0.25) is 5.02 Å². The summed E-state index contributed by atoms with van der Waals surface area (Å²) in [6.45, 7) is 0.236. The Hall–Kier alpha value is -2.46. The van der Waals surface area contributed by atoms with Crippen molar-refractivity contribution in [3.05, 3.63) is 59.8 Å². The molecule has 2 aromatic carbocycles. The maximum Gasteiger partial charge on any atom is 0.244 e. The van der Waals surface area contributed by atoms with Crippen LogP contribution in [-0.4, -0.2) is 10.5 Å². The number of carbonyl (C=O) groups excluding carboxylic acids is 1. The zero-order chi connectivity index (χ0) is 14.8. The SMILES string of the molecule is Nc1ccc2c(ccn2CC(=O)Nc2cccc(Cl)c2)c1. The Bertz CT molecular complexity index is 810. The van der Waals surface area contributed by atoms with Crippen LogP contribution in [0, 0.1) is 0 Å². The molecule has 0 bridgehead atoms. The molecule has 0 saturated heterocycles. The second-order valence-corrected chi connectivity index (χ2v) is 5.26. The third-order valence-electron chi connectivity index (χ3n) is 3.22. The molecule has 5 heteroatoms. The first kappa shape index (κ1) is 13.5. The van der Waals surface area contributed by atoms with Crippen molar-refractivity contribution in [2.24, 2.45) is 0 Å². The summed E-state index contributed by atoms with van der Waals surface area (Å²) in [4.78, 5) is 12.1. The smallest absolute Gasteiger partial charge is 0.244 e. The summed E-state index contributed by atoms with van der Waals surface area (Å²) in [6, 6.07) is 14.7. The molecule has 1 heterocycles. The average Bonchev–Trinajstić information content (AvgIpc) is 2.81. The van der Waals surface area contributed by atoms with Gasteiger partial charge in [-0.15, -0.1) is 0 Å². The lowest BCUT2D eigenvalue weighted by molar-refractivity contribution is -0.116. The van der Waals surface area contributed by atoms with E-state index in [0.29, 0.717) is 16.4 Å². The highest BCUT2D eigenvalue weighted by atomic mass is 35.5. The van der Waals surface area contributed by atoms with Gasteiger partial charge in [0.15, 0.2) is 0 Å². The van der Waals surface area contributed by atoms with E-state index in [2.05, 4.69) is 5.32 Å². The third-order valence-corrected chi connectivity index (χ3v) is 3.45. The maximum absolute atomic E-state index is 12.1. The first-order valence-corrected chi connectivity index (χ1v) is 6.89.